The molecule has 208 valence electrons. The van der Waals surface area contributed by atoms with Gasteiger partial charge in [-0.25, -0.2) is 9.69 Å². The second kappa shape index (κ2) is 11.5. The van der Waals surface area contributed by atoms with E-state index in [0.717, 1.165) is 10.5 Å². The van der Waals surface area contributed by atoms with Gasteiger partial charge in [-0.1, -0.05) is 56.3 Å². The smallest absolute Gasteiger partial charge is 0.340 e. The molecule has 1 aliphatic heterocycles. The first kappa shape index (κ1) is 27.4. The number of carbonyl (C=O) groups excluding carboxylic acids is 4. The van der Waals surface area contributed by atoms with Gasteiger partial charge in [0.15, 0.2) is 0 Å². The van der Waals surface area contributed by atoms with Crippen molar-refractivity contribution in [2.45, 2.75) is 19.9 Å². The van der Waals surface area contributed by atoms with Crippen molar-refractivity contribution >= 4 is 29.4 Å². The molecule has 2 amide bonds. The maximum atomic E-state index is 13.6. The van der Waals surface area contributed by atoms with Gasteiger partial charge in [0.1, 0.15) is 24.9 Å². The SMILES string of the molecule is CC(C)C(N)C(=O)OCCOC(=O)c1ccc(-c2ccccc2)cc1N1C(=O)c2ccc(-c3cn[nH]n3)cc2C1=O. The molecular weight excluding hydrogens is 526 g/mol. The molecule has 11 heteroatoms. The van der Waals surface area contributed by atoms with Gasteiger partial charge >= 0.3 is 11.9 Å². The van der Waals surface area contributed by atoms with Crippen LogP contribution < -0.4 is 10.6 Å². The predicted octanol–water partition coefficient (Wildman–Crippen LogP) is 3.62. The van der Waals surface area contributed by atoms with Crippen molar-refractivity contribution in [2.75, 3.05) is 18.1 Å². The van der Waals surface area contributed by atoms with Crippen LogP contribution in [-0.4, -0.2) is 58.4 Å². The second-order valence-corrected chi connectivity index (χ2v) is 9.73. The number of carbonyl (C=O) groups is 4. The molecule has 0 spiro atoms. The highest BCUT2D eigenvalue weighted by Crippen LogP contribution is 2.35. The predicted molar refractivity (Wildman–Crippen MR) is 149 cm³/mol. The van der Waals surface area contributed by atoms with E-state index in [2.05, 4.69) is 15.4 Å². The molecule has 1 aromatic heterocycles. The largest absolute Gasteiger partial charge is 0.461 e. The van der Waals surface area contributed by atoms with Gasteiger partial charge in [0.25, 0.3) is 11.8 Å². The summed E-state index contributed by atoms with van der Waals surface area (Å²) >= 11 is 0. The van der Waals surface area contributed by atoms with Crippen molar-refractivity contribution in [2.24, 2.45) is 11.7 Å². The van der Waals surface area contributed by atoms with Crippen LogP contribution >= 0.6 is 0 Å². The molecule has 3 N–H and O–H groups in total. The maximum absolute atomic E-state index is 13.6. The quantitative estimate of drug-likeness (QED) is 0.179. The lowest BCUT2D eigenvalue weighted by molar-refractivity contribution is -0.147. The van der Waals surface area contributed by atoms with E-state index in [4.69, 9.17) is 15.2 Å². The number of nitrogens with two attached hydrogens (primary N) is 1. The average Bonchev–Trinajstić information content (AvgIpc) is 3.61. The molecule has 11 nitrogen and oxygen atoms in total. The van der Waals surface area contributed by atoms with Crippen LogP contribution in [0.25, 0.3) is 22.4 Å². The molecule has 0 aliphatic carbocycles. The van der Waals surface area contributed by atoms with Gasteiger partial charge in [0.2, 0.25) is 0 Å². The molecule has 0 saturated carbocycles. The first-order chi connectivity index (χ1) is 19.8. The Kier molecular flexibility index (Phi) is 7.70. The molecule has 5 rings (SSSR count). The van der Waals surface area contributed by atoms with Crippen LogP contribution in [-0.2, 0) is 14.3 Å². The van der Waals surface area contributed by atoms with Gasteiger partial charge in [-0.05, 0) is 41.3 Å². The first-order valence-corrected chi connectivity index (χ1v) is 12.9. The van der Waals surface area contributed by atoms with Crippen molar-refractivity contribution in [3.8, 4) is 22.4 Å². The van der Waals surface area contributed by atoms with Gasteiger partial charge in [-0.2, -0.15) is 15.4 Å². The molecule has 0 bridgehead atoms. The number of hydrogen-bond acceptors (Lipinski definition) is 9. The molecule has 1 unspecified atom stereocenters. The van der Waals surface area contributed by atoms with E-state index < -0.39 is 29.8 Å². The number of benzene rings is 3. The Morgan fingerprint density at radius 3 is 2.29 bits per heavy atom. The third-order valence-corrected chi connectivity index (χ3v) is 6.71. The minimum atomic E-state index is -0.790. The van der Waals surface area contributed by atoms with E-state index in [1.54, 1.807) is 44.2 Å². The molecule has 3 aromatic carbocycles. The number of nitrogens with zero attached hydrogens (tertiary/aromatic N) is 3. The van der Waals surface area contributed by atoms with Crippen LogP contribution in [0, 0.1) is 5.92 Å². The number of ether oxygens (including phenoxy) is 2. The Balaban J connectivity index is 1.44. The Hall–Kier alpha value is -5.16. The van der Waals surface area contributed by atoms with Crippen molar-refractivity contribution in [1.82, 2.24) is 15.4 Å². The summed E-state index contributed by atoms with van der Waals surface area (Å²) in [7, 11) is 0. The monoisotopic (exact) mass is 553 g/mol. The molecule has 1 aliphatic rings. The number of nitrogens with one attached hydrogen (secondary N) is 1. The Bertz CT molecular complexity index is 1620. The maximum Gasteiger partial charge on any atom is 0.340 e. The lowest BCUT2D eigenvalue weighted by Gasteiger charge is -2.19. The van der Waals surface area contributed by atoms with Crippen LogP contribution in [0.2, 0.25) is 0 Å². The molecule has 4 aromatic rings. The normalized spacial score (nSPS) is 13.3. The number of H-pyrrole nitrogens is 1. The number of rotatable bonds is 9. The summed E-state index contributed by atoms with van der Waals surface area (Å²) in [6.07, 6.45) is 1.51. The lowest BCUT2D eigenvalue weighted by atomic mass is 10.0. The Labute approximate surface area is 235 Å². The summed E-state index contributed by atoms with van der Waals surface area (Å²) in [5.41, 5.74) is 8.85. The van der Waals surface area contributed by atoms with Crippen molar-refractivity contribution in [1.29, 1.82) is 0 Å². The highest BCUT2D eigenvalue weighted by Gasteiger charge is 2.39. The van der Waals surface area contributed by atoms with E-state index in [0.29, 0.717) is 16.8 Å². The van der Waals surface area contributed by atoms with Crippen molar-refractivity contribution in [3.05, 3.63) is 89.6 Å². The molecule has 0 radical (unpaired) electrons. The zero-order valence-corrected chi connectivity index (χ0v) is 22.4. The molecule has 1 atom stereocenters. The van der Waals surface area contributed by atoms with Crippen molar-refractivity contribution in [3.63, 3.8) is 0 Å². The van der Waals surface area contributed by atoms with Gasteiger partial charge in [0, 0.05) is 5.56 Å². The number of aromatic amines is 1. The zero-order chi connectivity index (χ0) is 29.1. The highest BCUT2D eigenvalue weighted by molar-refractivity contribution is 6.35. The summed E-state index contributed by atoms with van der Waals surface area (Å²) in [5.74, 6) is -2.66. The van der Waals surface area contributed by atoms with E-state index in [-0.39, 0.29) is 41.5 Å². The fourth-order valence-electron chi connectivity index (χ4n) is 4.38. The number of anilines is 1. The fourth-order valence-corrected chi connectivity index (χ4v) is 4.38. The zero-order valence-electron chi connectivity index (χ0n) is 22.4. The number of fused-ring (bicyclic) bond motifs is 1. The minimum Gasteiger partial charge on any atom is -0.461 e. The number of aromatic nitrogens is 3. The van der Waals surface area contributed by atoms with E-state index in [1.807, 2.05) is 30.3 Å². The van der Waals surface area contributed by atoms with Gasteiger partial charge < -0.3 is 15.2 Å². The van der Waals surface area contributed by atoms with Crippen LogP contribution in [0.3, 0.4) is 0 Å². The third-order valence-electron chi connectivity index (χ3n) is 6.71. The molecular formula is C30H27N5O6. The molecule has 0 fully saturated rings. The number of imide groups is 1. The summed E-state index contributed by atoms with van der Waals surface area (Å²) in [4.78, 5) is 53.3. The molecule has 41 heavy (non-hydrogen) atoms. The van der Waals surface area contributed by atoms with Crippen LogP contribution in [0.15, 0.2) is 72.9 Å². The third kappa shape index (κ3) is 5.48. The summed E-state index contributed by atoms with van der Waals surface area (Å²) in [6, 6.07) is 18.2. The average molecular weight is 554 g/mol. The highest BCUT2D eigenvalue weighted by atomic mass is 16.6. The van der Waals surface area contributed by atoms with Crippen LogP contribution in [0.1, 0.15) is 44.9 Å². The second-order valence-electron chi connectivity index (χ2n) is 9.73. The Morgan fingerprint density at radius 2 is 1.59 bits per heavy atom. The van der Waals surface area contributed by atoms with Gasteiger partial charge in [-0.3, -0.25) is 14.4 Å². The van der Waals surface area contributed by atoms with Crippen LogP contribution in [0.4, 0.5) is 5.69 Å². The summed E-state index contributed by atoms with van der Waals surface area (Å²) in [5, 5.41) is 10.3. The lowest BCUT2D eigenvalue weighted by Crippen LogP contribution is -2.37. The summed E-state index contributed by atoms with van der Waals surface area (Å²) < 4.78 is 10.5. The Morgan fingerprint density at radius 1 is 0.878 bits per heavy atom. The standard InChI is InChI=1S/C30H27N5O6/c1-17(2)26(31)30(39)41-13-12-40-29(38)22-11-8-19(18-6-4-3-5-7-18)15-25(22)35-27(36)21-10-9-20(14-23(21)28(35)37)24-16-32-34-33-24/h3-11,14-17,26H,12-13,31H2,1-2H3,(H,32,33,34). The van der Waals surface area contributed by atoms with E-state index in [1.165, 1.54) is 12.3 Å². The van der Waals surface area contributed by atoms with E-state index >= 15 is 0 Å². The van der Waals surface area contributed by atoms with Crippen LogP contribution in [0.5, 0.6) is 0 Å². The van der Waals surface area contributed by atoms with Gasteiger partial charge in [0.05, 0.1) is 28.6 Å². The number of esters is 2. The first-order valence-electron chi connectivity index (χ1n) is 12.9. The number of hydrogen-bond donors (Lipinski definition) is 2. The van der Waals surface area contributed by atoms with Gasteiger partial charge in [-0.15, -0.1) is 0 Å². The summed E-state index contributed by atoms with van der Waals surface area (Å²) in [6.45, 7) is 3.15. The topological polar surface area (TPSA) is 158 Å². The fraction of sp³-hybridized carbons (Fsp3) is 0.200. The van der Waals surface area contributed by atoms with E-state index in [9.17, 15) is 19.2 Å². The minimum absolute atomic E-state index is 0.00104. The van der Waals surface area contributed by atoms with Crippen molar-refractivity contribution < 1.29 is 28.7 Å². The molecule has 0 saturated heterocycles. The molecule has 2 heterocycles. The number of amides is 2.